The molecule has 1 N–H and O–H groups in total. The summed E-state index contributed by atoms with van der Waals surface area (Å²) >= 11 is 0. The van der Waals surface area contributed by atoms with Crippen molar-refractivity contribution in [2.45, 2.75) is 33.6 Å². The third kappa shape index (κ3) is 2.55. The largest absolute Gasteiger partial charge is 0.475 e. The van der Waals surface area contributed by atoms with Crippen LogP contribution in [0, 0.1) is 11.8 Å². The van der Waals surface area contributed by atoms with Crippen LogP contribution in [0.5, 0.6) is 0 Å². The highest BCUT2D eigenvalue weighted by atomic mass is 16.5. The number of carbonyl (C=O) groups is 1. The van der Waals surface area contributed by atoms with E-state index in [4.69, 9.17) is 9.63 Å². The average Bonchev–Trinajstić information content (AvgIpc) is 2.51. The lowest BCUT2D eigenvalue weighted by Crippen LogP contribution is -2.14. The van der Waals surface area contributed by atoms with E-state index in [0.29, 0.717) is 17.7 Å². The minimum absolute atomic E-state index is 0.102. The molecule has 1 aromatic rings. The summed E-state index contributed by atoms with van der Waals surface area (Å²) in [6.07, 6.45) is 0. The molecule has 1 heterocycles. The maximum absolute atomic E-state index is 10.6. The summed E-state index contributed by atoms with van der Waals surface area (Å²) in [5.74, 6) is -0.227. The van der Waals surface area contributed by atoms with E-state index >= 15 is 0 Å². The highest BCUT2D eigenvalue weighted by Crippen LogP contribution is 2.30. The molecule has 0 aliphatic carbocycles. The number of hydrogen-bond acceptors (Lipinski definition) is 4. The van der Waals surface area contributed by atoms with Crippen LogP contribution in [-0.2, 0) is 0 Å². The van der Waals surface area contributed by atoms with Gasteiger partial charge >= 0.3 is 5.97 Å². The van der Waals surface area contributed by atoms with Crippen LogP contribution in [0.1, 0.15) is 50.1 Å². The highest BCUT2D eigenvalue weighted by molar-refractivity contribution is 5.82. The van der Waals surface area contributed by atoms with Crippen LogP contribution in [0.2, 0.25) is 0 Å². The molecule has 0 amide bonds. The molecule has 1 rings (SSSR count). The average molecular weight is 212 g/mol. The molecular weight excluding hydrogens is 196 g/mol. The third-order valence-corrected chi connectivity index (χ3v) is 2.35. The summed E-state index contributed by atoms with van der Waals surface area (Å²) in [5.41, 5.74) is 0. The number of rotatable bonds is 4. The van der Waals surface area contributed by atoms with Gasteiger partial charge in [0.05, 0.1) is 0 Å². The van der Waals surface area contributed by atoms with Crippen molar-refractivity contribution in [3.05, 3.63) is 11.7 Å². The number of carboxylic acid groups (broad SMARTS) is 1. The first kappa shape index (κ1) is 11.7. The van der Waals surface area contributed by atoms with Gasteiger partial charge in [0.2, 0.25) is 5.89 Å². The van der Waals surface area contributed by atoms with Crippen molar-refractivity contribution in [2.24, 2.45) is 11.8 Å². The van der Waals surface area contributed by atoms with Crippen molar-refractivity contribution in [1.29, 1.82) is 0 Å². The van der Waals surface area contributed by atoms with Gasteiger partial charge in [0.1, 0.15) is 0 Å². The van der Waals surface area contributed by atoms with Gasteiger partial charge < -0.3 is 9.63 Å². The van der Waals surface area contributed by atoms with E-state index in [9.17, 15) is 4.79 Å². The van der Waals surface area contributed by atoms with Gasteiger partial charge in [0, 0.05) is 5.92 Å². The van der Waals surface area contributed by atoms with Crippen LogP contribution in [0.3, 0.4) is 0 Å². The van der Waals surface area contributed by atoms with Crippen molar-refractivity contribution in [3.8, 4) is 0 Å². The molecule has 1 aromatic heterocycles. The first-order chi connectivity index (χ1) is 6.93. The van der Waals surface area contributed by atoms with Crippen LogP contribution in [-0.4, -0.2) is 21.2 Å². The zero-order chi connectivity index (χ0) is 11.6. The molecule has 5 nitrogen and oxygen atoms in total. The predicted octanol–water partition coefficient (Wildman–Crippen LogP) is 2.16. The van der Waals surface area contributed by atoms with Gasteiger partial charge in [-0.25, -0.2) is 4.79 Å². The molecule has 0 saturated carbocycles. The number of nitrogens with zero attached hydrogens (tertiary/aromatic N) is 2. The maximum Gasteiger partial charge on any atom is 0.377 e. The fraction of sp³-hybridized carbons (Fsp3) is 0.700. The molecule has 0 spiro atoms. The molecule has 0 aliphatic heterocycles. The van der Waals surface area contributed by atoms with Crippen molar-refractivity contribution in [2.75, 3.05) is 0 Å². The van der Waals surface area contributed by atoms with Crippen molar-refractivity contribution in [3.63, 3.8) is 0 Å². The first-order valence-corrected chi connectivity index (χ1v) is 5.00. The smallest absolute Gasteiger partial charge is 0.377 e. The standard InChI is InChI=1S/C10H16N2O3/c1-5(2)7(6(3)4)9-11-8(10(13)14)12-15-9/h5-7H,1-4H3,(H,13,14). The fourth-order valence-corrected chi connectivity index (χ4v) is 1.80. The van der Waals surface area contributed by atoms with Gasteiger partial charge in [-0.3, -0.25) is 0 Å². The molecular formula is C10H16N2O3. The second-order valence-electron chi connectivity index (χ2n) is 4.28. The third-order valence-electron chi connectivity index (χ3n) is 2.35. The molecule has 0 aromatic carbocycles. The quantitative estimate of drug-likeness (QED) is 0.827. The van der Waals surface area contributed by atoms with Gasteiger partial charge in [-0.15, -0.1) is 0 Å². The minimum atomic E-state index is -1.16. The second kappa shape index (κ2) is 4.42. The molecule has 84 valence electrons. The van der Waals surface area contributed by atoms with Gasteiger partial charge in [-0.2, -0.15) is 4.98 Å². The number of carboxylic acids is 1. The Labute approximate surface area is 88.5 Å². The Kier molecular flexibility index (Phi) is 3.44. The van der Waals surface area contributed by atoms with E-state index in [0.717, 1.165) is 0 Å². The molecule has 0 fully saturated rings. The second-order valence-corrected chi connectivity index (χ2v) is 4.28. The van der Waals surface area contributed by atoms with Crippen molar-refractivity contribution >= 4 is 5.97 Å². The SMILES string of the molecule is CC(C)C(c1nc(C(=O)O)no1)C(C)C. The van der Waals surface area contributed by atoms with E-state index < -0.39 is 5.97 Å². The Bertz CT molecular complexity index is 336. The van der Waals surface area contributed by atoms with E-state index in [1.54, 1.807) is 0 Å². The lowest BCUT2D eigenvalue weighted by Gasteiger charge is -2.20. The summed E-state index contributed by atoms with van der Waals surface area (Å²) < 4.78 is 4.97. The molecule has 0 bridgehead atoms. The lowest BCUT2D eigenvalue weighted by atomic mass is 9.85. The van der Waals surface area contributed by atoms with E-state index in [1.807, 2.05) is 0 Å². The van der Waals surface area contributed by atoms with Gasteiger partial charge in [-0.05, 0) is 17.0 Å². The van der Waals surface area contributed by atoms with E-state index in [1.165, 1.54) is 0 Å². The Morgan fingerprint density at radius 1 is 1.27 bits per heavy atom. The van der Waals surface area contributed by atoms with Gasteiger partial charge in [0.25, 0.3) is 5.82 Å². The zero-order valence-electron chi connectivity index (χ0n) is 9.39. The molecule has 15 heavy (non-hydrogen) atoms. The predicted molar refractivity (Wildman–Crippen MR) is 53.7 cm³/mol. The molecule has 0 unspecified atom stereocenters. The monoisotopic (exact) mass is 212 g/mol. The highest BCUT2D eigenvalue weighted by Gasteiger charge is 2.26. The Hall–Kier alpha value is -1.39. The summed E-state index contributed by atoms with van der Waals surface area (Å²) in [6.45, 7) is 8.20. The summed E-state index contributed by atoms with van der Waals surface area (Å²) in [6, 6.07) is 0. The number of hydrogen-bond donors (Lipinski definition) is 1. The van der Waals surface area contributed by atoms with Crippen LogP contribution < -0.4 is 0 Å². The summed E-state index contributed by atoms with van der Waals surface area (Å²) in [7, 11) is 0. The topological polar surface area (TPSA) is 76.2 Å². The normalized spacial score (nSPS) is 11.7. The van der Waals surface area contributed by atoms with Crippen LogP contribution >= 0.6 is 0 Å². The van der Waals surface area contributed by atoms with Gasteiger partial charge in [-0.1, -0.05) is 27.7 Å². The molecule has 5 heteroatoms. The van der Waals surface area contributed by atoms with Crippen LogP contribution in [0.25, 0.3) is 0 Å². The first-order valence-electron chi connectivity index (χ1n) is 5.00. The Morgan fingerprint density at radius 3 is 2.13 bits per heavy atom. The maximum atomic E-state index is 10.6. The van der Waals surface area contributed by atoms with E-state index in [-0.39, 0.29) is 11.7 Å². The van der Waals surface area contributed by atoms with Crippen LogP contribution in [0.15, 0.2) is 4.52 Å². The van der Waals surface area contributed by atoms with Gasteiger partial charge in [0.15, 0.2) is 0 Å². The zero-order valence-corrected chi connectivity index (χ0v) is 9.39. The van der Waals surface area contributed by atoms with Crippen molar-refractivity contribution < 1.29 is 14.4 Å². The number of aromatic carboxylic acids is 1. The Balaban J connectivity index is 2.97. The minimum Gasteiger partial charge on any atom is -0.475 e. The Morgan fingerprint density at radius 2 is 1.80 bits per heavy atom. The van der Waals surface area contributed by atoms with Crippen molar-refractivity contribution in [1.82, 2.24) is 10.1 Å². The molecule has 0 atom stereocenters. The molecule has 0 radical (unpaired) electrons. The van der Waals surface area contributed by atoms with E-state index in [2.05, 4.69) is 37.8 Å². The molecule has 0 aliphatic rings. The number of aromatic nitrogens is 2. The summed E-state index contributed by atoms with van der Waals surface area (Å²) in [4.78, 5) is 14.5. The lowest BCUT2D eigenvalue weighted by molar-refractivity contribution is 0.0680. The molecule has 0 saturated heterocycles. The summed E-state index contributed by atoms with van der Waals surface area (Å²) in [5, 5.41) is 12.1. The fourth-order valence-electron chi connectivity index (χ4n) is 1.80. The van der Waals surface area contributed by atoms with Crippen LogP contribution in [0.4, 0.5) is 0 Å².